The van der Waals surface area contributed by atoms with Crippen LogP contribution in [-0.2, 0) is 19.8 Å². The molecule has 5 aromatic carbocycles. The van der Waals surface area contributed by atoms with Crippen LogP contribution < -0.4 is 19.6 Å². The lowest BCUT2D eigenvalue weighted by Crippen LogP contribution is -2.06. The van der Waals surface area contributed by atoms with Crippen LogP contribution in [-0.4, -0.2) is 0 Å². The highest BCUT2D eigenvalue weighted by Crippen LogP contribution is 2.33. The first-order valence-electron chi connectivity index (χ1n) is 13.4. The molecule has 0 amide bonds. The first-order chi connectivity index (χ1) is 20.2. The highest BCUT2D eigenvalue weighted by Gasteiger charge is 2.15. The maximum atomic E-state index is 13.4. The summed E-state index contributed by atoms with van der Waals surface area (Å²) in [5.41, 5.74) is 4.08. The van der Waals surface area contributed by atoms with Crippen LogP contribution >= 0.6 is 0 Å². The second kappa shape index (κ2) is 12.3. The minimum atomic E-state index is -0.191. The zero-order valence-corrected chi connectivity index (χ0v) is 22.4. The first kappa shape index (κ1) is 26.0. The Morgan fingerprint density at radius 1 is 0.512 bits per heavy atom. The van der Waals surface area contributed by atoms with Crippen molar-refractivity contribution < 1.29 is 18.6 Å². The topological polar surface area (TPSA) is 57.9 Å². The van der Waals surface area contributed by atoms with Gasteiger partial charge in [-0.15, -0.1) is 0 Å². The van der Waals surface area contributed by atoms with Crippen LogP contribution in [0, 0.1) is 0 Å². The summed E-state index contributed by atoms with van der Waals surface area (Å²) in [6.07, 6.45) is 0. The van der Waals surface area contributed by atoms with E-state index in [0.29, 0.717) is 48.0 Å². The number of fused-ring (bicyclic) bond motifs is 1. The number of hydrogen-bond donors (Lipinski definition) is 0. The molecule has 5 heteroatoms. The Morgan fingerprint density at radius 3 is 1.59 bits per heavy atom. The monoisotopic (exact) mass is 540 g/mol. The van der Waals surface area contributed by atoms with Crippen molar-refractivity contribution >= 4 is 11.0 Å². The molecular weight excluding hydrogens is 512 g/mol. The van der Waals surface area contributed by atoms with Gasteiger partial charge in [0.05, 0.1) is 0 Å². The van der Waals surface area contributed by atoms with Gasteiger partial charge >= 0.3 is 0 Å². The van der Waals surface area contributed by atoms with E-state index in [1.165, 1.54) is 6.07 Å². The summed E-state index contributed by atoms with van der Waals surface area (Å²) >= 11 is 0. The van der Waals surface area contributed by atoms with Gasteiger partial charge in [0, 0.05) is 23.8 Å². The van der Waals surface area contributed by atoms with E-state index in [1.54, 1.807) is 12.1 Å². The van der Waals surface area contributed by atoms with Gasteiger partial charge in [0.25, 0.3) is 0 Å². The summed E-state index contributed by atoms with van der Waals surface area (Å²) in [5.74, 6) is 2.15. The molecule has 0 aliphatic heterocycles. The molecule has 0 unspecified atom stereocenters. The number of ether oxygens (including phenoxy) is 3. The summed E-state index contributed by atoms with van der Waals surface area (Å²) in [5, 5.41) is 0.375. The average molecular weight is 541 g/mol. The molecule has 1 heterocycles. The van der Waals surface area contributed by atoms with Gasteiger partial charge in [-0.1, -0.05) is 91.0 Å². The van der Waals surface area contributed by atoms with E-state index in [4.69, 9.17) is 18.6 Å². The van der Waals surface area contributed by atoms with Crippen molar-refractivity contribution in [2.45, 2.75) is 19.8 Å². The molecule has 0 saturated carbocycles. The summed E-state index contributed by atoms with van der Waals surface area (Å²) in [6.45, 7) is 1.16. The fraction of sp³-hybridized carbons (Fsp3) is 0.0833. The third kappa shape index (κ3) is 6.48. The third-order valence-electron chi connectivity index (χ3n) is 6.64. The molecular formula is C36H28O5. The van der Waals surface area contributed by atoms with Gasteiger partial charge in [0.1, 0.15) is 53.8 Å². The van der Waals surface area contributed by atoms with Crippen LogP contribution in [0.1, 0.15) is 16.7 Å². The van der Waals surface area contributed by atoms with E-state index in [-0.39, 0.29) is 5.43 Å². The Bertz CT molecular complexity index is 1780. The van der Waals surface area contributed by atoms with Crippen LogP contribution in [0.15, 0.2) is 143 Å². The van der Waals surface area contributed by atoms with Crippen LogP contribution in [0.5, 0.6) is 17.2 Å². The van der Waals surface area contributed by atoms with Gasteiger partial charge in [0.15, 0.2) is 5.43 Å². The second-order valence-electron chi connectivity index (χ2n) is 9.62. The number of rotatable bonds is 10. The lowest BCUT2D eigenvalue weighted by molar-refractivity contribution is 0.292. The summed E-state index contributed by atoms with van der Waals surface area (Å²) in [4.78, 5) is 13.4. The smallest absolute Gasteiger partial charge is 0.197 e. The van der Waals surface area contributed by atoms with E-state index in [0.717, 1.165) is 28.0 Å². The zero-order valence-electron chi connectivity index (χ0n) is 22.4. The molecule has 0 saturated heterocycles. The predicted octanol–water partition coefficient (Wildman–Crippen LogP) is 8.20. The second-order valence-corrected chi connectivity index (χ2v) is 9.62. The normalized spacial score (nSPS) is 10.8. The van der Waals surface area contributed by atoms with Gasteiger partial charge in [-0.05, 0) is 41.0 Å². The first-order valence-corrected chi connectivity index (χ1v) is 13.4. The van der Waals surface area contributed by atoms with Crippen molar-refractivity contribution in [3.63, 3.8) is 0 Å². The Kier molecular flexibility index (Phi) is 7.77. The van der Waals surface area contributed by atoms with Crippen molar-refractivity contribution in [2.75, 3.05) is 0 Å². The van der Waals surface area contributed by atoms with Crippen LogP contribution in [0.4, 0.5) is 0 Å². The van der Waals surface area contributed by atoms with Crippen molar-refractivity contribution in [3.05, 3.63) is 160 Å². The van der Waals surface area contributed by atoms with Crippen molar-refractivity contribution in [3.8, 4) is 28.6 Å². The summed E-state index contributed by atoms with van der Waals surface area (Å²) < 4.78 is 24.4. The fourth-order valence-electron chi connectivity index (χ4n) is 4.50. The Morgan fingerprint density at radius 2 is 1.02 bits per heavy atom. The minimum absolute atomic E-state index is 0.191. The highest BCUT2D eigenvalue weighted by molar-refractivity contribution is 5.86. The van der Waals surface area contributed by atoms with Gasteiger partial charge in [0.2, 0.25) is 0 Å². The molecule has 5 nitrogen and oxygen atoms in total. The van der Waals surface area contributed by atoms with Crippen LogP contribution in [0.25, 0.3) is 22.3 Å². The average Bonchev–Trinajstić information content (AvgIpc) is 3.03. The predicted molar refractivity (Wildman–Crippen MR) is 160 cm³/mol. The Balaban J connectivity index is 1.29. The molecule has 0 atom stereocenters. The number of hydrogen-bond acceptors (Lipinski definition) is 5. The molecule has 1 aromatic heterocycles. The lowest BCUT2D eigenvalue weighted by Gasteiger charge is -2.13. The SMILES string of the molecule is O=c1cc(-c2ccc(OCc3ccccc3)cc2)oc2cc(OCc3ccccc3)cc(OCc3ccccc3)c12. The van der Waals surface area contributed by atoms with Gasteiger partial charge in [-0.2, -0.15) is 0 Å². The fourth-order valence-corrected chi connectivity index (χ4v) is 4.50. The molecule has 0 fully saturated rings. The Hall–Kier alpha value is -5.29. The molecule has 0 N–H and O–H groups in total. The van der Waals surface area contributed by atoms with Crippen molar-refractivity contribution in [1.29, 1.82) is 0 Å². The molecule has 41 heavy (non-hydrogen) atoms. The summed E-state index contributed by atoms with van der Waals surface area (Å²) in [7, 11) is 0. The van der Waals surface area contributed by atoms with Crippen molar-refractivity contribution in [1.82, 2.24) is 0 Å². The van der Waals surface area contributed by atoms with Gasteiger partial charge in [-0.3, -0.25) is 4.79 Å². The van der Waals surface area contributed by atoms with E-state index in [9.17, 15) is 4.79 Å². The third-order valence-corrected chi connectivity index (χ3v) is 6.64. The quantitative estimate of drug-likeness (QED) is 0.175. The van der Waals surface area contributed by atoms with E-state index in [2.05, 4.69) is 0 Å². The zero-order chi connectivity index (χ0) is 27.9. The van der Waals surface area contributed by atoms with Crippen molar-refractivity contribution in [2.24, 2.45) is 0 Å². The van der Waals surface area contributed by atoms with Gasteiger partial charge < -0.3 is 18.6 Å². The standard InChI is InChI=1S/C36H28O5/c37-32-22-33(29-16-18-30(19-17-29)38-23-26-10-4-1-5-11-26)41-35-21-31(39-24-27-12-6-2-7-13-27)20-34(36(32)35)40-25-28-14-8-3-9-15-28/h1-22H,23-25H2. The Labute approximate surface area is 238 Å². The largest absolute Gasteiger partial charge is 0.489 e. The van der Waals surface area contributed by atoms with E-state index >= 15 is 0 Å². The molecule has 0 spiro atoms. The minimum Gasteiger partial charge on any atom is -0.489 e. The van der Waals surface area contributed by atoms with Crippen LogP contribution in [0.2, 0.25) is 0 Å². The maximum absolute atomic E-state index is 13.4. The molecule has 202 valence electrons. The maximum Gasteiger partial charge on any atom is 0.197 e. The molecule has 0 aliphatic rings. The molecule has 0 radical (unpaired) electrons. The highest BCUT2D eigenvalue weighted by atomic mass is 16.5. The summed E-state index contributed by atoms with van der Waals surface area (Å²) in [6, 6.07) is 42.2. The lowest BCUT2D eigenvalue weighted by atomic mass is 10.1. The van der Waals surface area contributed by atoms with Gasteiger partial charge in [-0.25, -0.2) is 0 Å². The van der Waals surface area contributed by atoms with E-state index < -0.39 is 0 Å². The molecule has 6 aromatic rings. The van der Waals surface area contributed by atoms with E-state index in [1.807, 2.05) is 115 Å². The molecule has 0 aliphatic carbocycles. The molecule has 6 rings (SSSR count). The number of benzene rings is 5. The molecule has 0 bridgehead atoms. The van der Waals surface area contributed by atoms with Crippen LogP contribution in [0.3, 0.4) is 0 Å².